The smallest absolute Gasteiger partial charge is 0.248 e. The molecule has 4 nitrogen and oxygen atoms in total. The van der Waals surface area contributed by atoms with Gasteiger partial charge in [0.05, 0.1) is 13.2 Å². The molecule has 0 aromatic rings. The molecule has 0 aliphatic rings. The Morgan fingerprint density at radius 2 is 1.11 bits per heavy atom. The van der Waals surface area contributed by atoms with Crippen LogP contribution in [-0.2, 0) is 18.8 Å². The lowest BCUT2D eigenvalue weighted by Crippen LogP contribution is -2.17. The summed E-state index contributed by atoms with van der Waals surface area (Å²) in [5, 5.41) is 0. The molecule has 0 radical (unpaired) electrons. The fourth-order valence-electron chi connectivity index (χ4n) is 3.22. The standard InChI is InChI=1S/C22H46O4S/c1-4-7-9-10-11-12-13-14-15-16-17-18-20-25-27(23,24)26-21-22(6-3)19-8-5-2/h22H,4-21H2,1-3H3. The van der Waals surface area contributed by atoms with Crippen molar-refractivity contribution < 1.29 is 16.8 Å². The van der Waals surface area contributed by atoms with Gasteiger partial charge in [-0.15, -0.1) is 0 Å². The molecule has 0 heterocycles. The first kappa shape index (κ1) is 26.9. The summed E-state index contributed by atoms with van der Waals surface area (Å²) in [6.45, 7) is 6.96. The van der Waals surface area contributed by atoms with Gasteiger partial charge >= 0.3 is 10.4 Å². The Kier molecular flexibility index (Phi) is 19.1. The van der Waals surface area contributed by atoms with Crippen molar-refractivity contribution in [3.05, 3.63) is 0 Å². The van der Waals surface area contributed by atoms with E-state index in [2.05, 4.69) is 20.8 Å². The van der Waals surface area contributed by atoms with Gasteiger partial charge in [-0.1, -0.05) is 111 Å². The first-order chi connectivity index (χ1) is 13.1. The molecule has 0 saturated carbocycles. The molecule has 0 N–H and O–H groups in total. The fraction of sp³-hybridized carbons (Fsp3) is 1.00. The summed E-state index contributed by atoms with van der Waals surface area (Å²) in [4.78, 5) is 0. The van der Waals surface area contributed by atoms with Crippen LogP contribution in [0.1, 0.15) is 124 Å². The maximum absolute atomic E-state index is 11.8. The van der Waals surface area contributed by atoms with Gasteiger partial charge in [0.2, 0.25) is 0 Å². The van der Waals surface area contributed by atoms with Crippen molar-refractivity contribution in [1.29, 1.82) is 0 Å². The van der Waals surface area contributed by atoms with E-state index in [-0.39, 0.29) is 13.2 Å². The molecule has 1 unspecified atom stereocenters. The Hall–Kier alpha value is -0.130. The third-order valence-corrected chi connectivity index (χ3v) is 6.10. The SMILES string of the molecule is CCCCCCCCCCCCCCOS(=O)(=O)OCC(CC)CCCC. The van der Waals surface area contributed by atoms with Gasteiger partial charge in [-0.3, -0.25) is 0 Å². The highest BCUT2D eigenvalue weighted by Crippen LogP contribution is 2.15. The maximum Gasteiger partial charge on any atom is 0.399 e. The Bertz CT molecular complexity index is 395. The molecular formula is C22H46O4S. The zero-order valence-corrected chi connectivity index (χ0v) is 19.2. The molecule has 0 bridgehead atoms. The number of hydrogen-bond acceptors (Lipinski definition) is 4. The van der Waals surface area contributed by atoms with Crippen molar-refractivity contribution in [1.82, 2.24) is 0 Å². The lowest BCUT2D eigenvalue weighted by Gasteiger charge is -2.14. The fourth-order valence-corrected chi connectivity index (χ4v) is 3.96. The second-order valence-electron chi connectivity index (χ2n) is 7.82. The van der Waals surface area contributed by atoms with E-state index >= 15 is 0 Å². The molecule has 0 amide bonds. The van der Waals surface area contributed by atoms with Gasteiger partial charge in [0.15, 0.2) is 0 Å². The minimum absolute atomic E-state index is 0.242. The van der Waals surface area contributed by atoms with Gasteiger partial charge in [-0.25, -0.2) is 8.37 Å². The van der Waals surface area contributed by atoms with E-state index < -0.39 is 10.4 Å². The predicted molar refractivity (Wildman–Crippen MR) is 115 cm³/mol. The van der Waals surface area contributed by atoms with Gasteiger partial charge in [-0.05, 0) is 18.8 Å². The Morgan fingerprint density at radius 3 is 1.59 bits per heavy atom. The van der Waals surface area contributed by atoms with Crippen LogP contribution in [0.3, 0.4) is 0 Å². The first-order valence-electron chi connectivity index (χ1n) is 11.6. The van der Waals surface area contributed by atoms with Crippen molar-refractivity contribution in [3.63, 3.8) is 0 Å². The van der Waals surface area contributed by atoms with Crippen LogP contribution in [0.2, 0.25) is 0 Å². The Balaban J connectivity index is 3.49. The minimum Gasteiger partial charge on any atom is -0.248 e. The van der Waals surface area contributed by atoms with E-state index in [9.17, 15) is 8.42 Å². The Morgan fingerprint density at radius 1 is 0.630 bits per heavy atom. The first-order valence-corrected chi connectivity index (χ1v) is 12.9. The molecule has 1 atom stereocenters. The van der Waals surface area contributed by atoms with Crippen LogP contribution in [0.25, 0.3) is 0 Å². The third-order valence-electron chi connectivity index (χ3n) is 5.22. The Labute approximate surface area is 170 Å². The molecule has 0 aromatic heterocycles. The second kappa shape index (κ2) is 19.2. The quantitative estimate of drug-likeness (QED) is 0.189. The highest BCUT2D eigenvalue weighted by atomic mass is 32.3. The average molecular weight is 407 g/mol. The summed E-state index contributed by atoms with van der Waals surface area (Å²) in [7, 11) is -3.83. The highest BCUT2D eigenvalue weighted by Gasteiger charge is 2.15. The van der Waals surface area contributed by atoms with Gasteiger partial charge < -0.3 is 0 Å². The molecular weight excluding hydrogens is 360 g/mol. The molecule has 0 aliphatic carbocycles. The van der Waals surface area contributed by atoms with Crippen molar-refractivity contribution in [2.24, 2.45) is 5.92 Å². The number of unbranched alkanes of at least 4 members (excludes halogenated alkanes) is 12. The van der Waals surface area contributed by atoms with E-state index in [1.165, 1.54) is 57.8 Å². The summed E-state index contributed by atoms with van der Waals surface area (Å²) in [5.74, 6) is 0.301. The summed E-state index contributed by atoms with van der Waals surface area (Å²) < 4.78 is 33.6. The molecule has 0 saturated heterocycles. The normalized spacial score (nSPS) is 13.1. The monoisotopic (exact) mass is 406 g/mol. The van der Waals surface area contributed by atoms with Crippen LogP contribution in [-0.4, -0.2) is 21.6 Å². The zero-order chi connectivity index (χ0) is 20.2. The molecule has 27 heavy (non-hydrogen) atoms. The number of hydrogen-bond donors (Lipinski definition) is 0. The van der Waals surface area contributed by atoms with Crippen molar-refractivity contribution in [3.8, 4) is 0 Å². The van der Waals surface area contributed by atoms with Gasteiger partial charge in [-0.2, -0.15) is 8.42 Å². The lowest BCUT2D eigenvalue weighted by atomic mass is 10.0. The van der Waals surface area contributed by atoms with Crippen molar-refractivity contribution in [2.75, 3.05) is 13.2 Å². The van der Waals surface area contributed by atoms with E-state index in [1.807, 2.05) is 0 Å². The van der Waals surface area contributed by atoms with E-state index in [0.717, 1.165) is 44.9 Å². The van der Waals surface area contributed by atoms with Crippen LogP contribution in [0, 0.1) is 5.92 Å². The second-order valence-corrected chi connectivity index (χ2v) is 9.11. The van der Waals surface area contributed by atoms with Crippen molar-refractivity contribution >= 4 is 10.4 Å². The molecule has 0 fully saturated rings. The molecule has 164 valence electrons. The topological polar surface area (TPSA) is 52.6 Å². The summed E-state index contributed by atoms with van der Waals surface area (Å²) in [6, 6.07) is 0. The predicted octanol–water partition coefficient (Wildman–Crippen LogP) is 7.18. The van der Waals surface area contributed by atoms with Crippen LogP contribution in [0.5, 0.6) is 0 Å². The van der Waals surface area contributed by atoms with Gasteiger partial charge in [0, 0.05) is 0 Å². The van der Waals surface area contributed by atoms with E-state index in [1.54, 1.807) is 0 Å². The molecule has 0 rings (SSSR count). The number of rotatable bonds is 21. The third kappa shape index (κ3) is 19.0. The van der Waals surface area contributed by atoms with Crippen LogP contribution in [0.15, 0.2) is 0 Å². The van der Waals surface area contributed by atoms with Crippen molar-refractivity contribution in [2.45, 2.75) is 124 Å². The maximum atomic E-state index is 11.8. The summed E-state index contributed by atoms with van der Waals surface area (Å²) >= 11 is 0. The van der Waals surface area contributed by atoms with Crippen LogP contribution < -0.4 is 0 Å². The lowest BCUT2D eigenvalue weighted by molar-refractivity contribution is 0.179. The molecule has 5 heteroatoms. The van der Waals surface area contributed by atoms with E-state index in [0.29, 0.717) is 5.92 Å². The van der Waals surface area contributed by atoms with Crippen LogP contribution in [0.4, 0.5) is 0 Å². The highest BCUT2D eigenvalue weighted by molar-refractivity contribution is 7.81. The molecule has 0 spiro atoms. The average Bonchev–Trinajstić information content (AvgIpc) is 2.65. The van der Waals surface area contributed by atoms with Crippen LogP contribution >= 0.6 is 0 Å². The summed E-state index contributed by atoms with van der Waals surface area (Å²) in [6.07, 6.45) is 19.2. The van der Waals surface area contributed by atoms with Gasteiger partial charge in [0.25, 0.3) is 0 Å². The molecule has 0 aliphatic heterocycles. The van der Waals surface area contributed by atoms with Gasteiger partial charge in [0.1, 0.15) is 0 Å². The summed E-state index contributed by atoms with van der Waals surface area (Å²) in [5.41, 5.74) is 0. The largest absolute Gasteiger partial charge is 0.399 e. The zero-order valence-electron chi connectivity index (χ0n) is 18.3. The minimum atomic E-state index is -3.83. The molecule has 0 aromatic carbocycles. The van der Waals surface area contributed by atoms with E-state index in [4.69, 9.17) is 8.37 Å².